The SMILES string of the molecule is O=C(NCC1CC(O)C1)c1cc(Cl)ccc1Br. The Morgan fingerprint density at radius 3 is 2.88 bits per heavy atom. The molecule has 0 bridgehead atoms. The first kappa shape index (κ1) is 12.9. The summed E-state index contributed by atoms with van der Waals surface area (Å²) in [5.74, 6) is 0.257. The summed E-state index contributed by atoms with van der Waals surface area (Å²) in [6.45, 7) is 0.606. The van der Waals surface area contributed by atoms with E-state index in [0.717, 1.165) is 17.3 Å². The first-order chi connectivity index (χ1) is 8.06. The third-order valence-electron chi connectivity index (χ3n) is 2.94. The third-order valence-corrected chi connectivity index (χ3v) is 3.86. The normalized spacial score (nSPS) is 23.0. The largest absolute Gasteiger partial charge is 0.393 e. The Balaban J connectivity index is 1.92. The monoisotopic (exact) mass is 317 g/mol. The Morgan fingerprint density at radius 1 is 1.53 bits per heavy atom. The van der Waals surface area contributed by atoms with Gasteiger partial charge < -0.3 is 10.4 Å². The zero-order valence-corrected chi connectivity index (χ0v) is 11.5. The minimum atomic E-state index is -0.185. The van der Waals surface area contributed by atoms with Crippen molar-refractivity contribution in [3.63, 3.8) is 0 Å². The first-order valence-corrected chi connectivity index (χ1v) is 6.64. The molecular formula is C12H13BrClNO2. The van der Waals surface area contributed by atoms with E-state index < -0.39 is 0 Å². The molecule has 92 valence electrons. The molecular weight excluding hydrogens is 305 g/mol. The minimum absolute atomic E-state index is 0.138. The minimum Gasteiger partial charge on any atom is -0.393 e. The van der Waals surface area contributed by atoms with Crippen LogP contribution in [0.3, 0.4) is 0 Å². The molecule has 17 heavy (non-hydrogen) atoms. The molecule has 2 N–H and O–H groups in total. The highest BCUT2D eigenvalue weighted by Crippen LogP contribution is 2.26. The van der Waals surface area contributed by atoms with Crippen molar-refractivity contribution < 1.29 is 9.90 Å². The number of carbonyl (C=O) groups is 1. The number of nitrogens with one attached hydrogen (secondary N) is 1. The number of hydrogen-bond acceptors (Lipinski definition) is 2. The smallest absolute Gasteiger partial charge is 0.252 e. The Bertz CT molecular complexity index is 433. The fourth-order valence-corrected chi connectivity index (χ4v) is 2.47. The number of aliphatic hydroxyl groups excluding tert-OH is 1. The lowest BCUT2D eigenvalue weighted by Crippen LogP contribution is -2.38. The van der Waals surface area contributed by atoms with Crippen molar-refractivity contribution in [1.29, 1.82) is 0 Å². The van der Waals surface area contributed by atoms with Crippen LogP contribution in [-0.2, 0) is 0 Å². The van der Waals surface area contributed by atoms with Crippen LogP contribution in [0.4, 0.5) is 0 Å². The molecule has 0 heterocycles. The maximum atomic E-state index is 11.9. The Hall–Kier alpha value is -0.580. The van der Waals surface area contributed by atoms with Crippen molar-refractivity contribution in [3.8, 4) is 0 Å². The average Bonchev–Trinajstić information content (AvgIpc) is 2.26. The molecule has 0 unspecified atom stereocenters. The lowest BCUT2D eigenvalue weighted by Gasteiger charge is -2.31. The number of carbonyl (C=O) groups excluding carboxylic acids is 1. The average molecular weight is 319 g/mol. The van der Waals surface area contributed by atoms with E-state index >= 15 is 0 Å². The van der Waals surface area contributed by atoms with Gasteiger partial charge in [-0.2, -0.15) is 0 Å². The maximum absolute atomic E-state index is 11.9. The van der Waals surface area contributed by atoms with Crippen molar-refractivity contribution in [1.82, 2.24) is 5.32 Å². The van der Waals surface area contributed by atoms with Crippen molar-refractivity contribution >= 4 is 33.4 Å². The predicted octanol–water partition coefficient (Wildman–Crippen LogP) is 2.60. The second-order valence-corrected chi connectivity index (χ2v) is 5.62. The van der Waals surface area contributed by atoms with Gasteiger partial charge in [0.25, 0.3) is 5.91 Å². The standard InChI is InChI=1S/C12H13BrClNO2/c13-11-2-1-8(14)5-10(11)12(17)15-6-7-3-9(16)4-7/h1-2,5,7,9,16H,3-4,6H2,(H,15,17). The molecule has 0 radical (unpaired) electrons. The van der Waals surface area contributed by atoms with Crippen LogP contribution >= 0.6 is 27.5 Å². The molecule has 1 aromatic carbocycles. The third kappa shape index (κ3) is 3.21. The van der Waals surface area contributed by atoms with Crippen molar-refractivity contribution in [3.05, 3.63) is 33.3 Å². The molecule has 2 rings (SSSR count). The highest BCUT2D eigenvalue weighted by Gasteiger charge is 2.27. The van der Waals surface area contributed by atoms with Gasteiger partial charge in [-0.1, -0.05) is 11.6 Å². The molecule has 0 spiro atoms. The predicted molar refractivity (Wildman–Crippen MR) is 70.2 cm³/mol. The molecule has 0 aliphatic heterocycles. The van der Waals surface area contributed by atoms with Crippen molar-refractivity contribution in [2.75, 3.05) is 6.54 Å². The molecule has 1 aromatic rings. The van der Waals surface area contributed by atoms with E-state index in [4.69, 9.17) is 16.7 Å². The Kier molecular flexibility index (Phi) is 4.07. The molecule has 0 aromatic heterocycles. The van der Waals surface area contributed by atoms with Crippen molar-refractivity contribution in [2.45, 2.75) is 18.9 Å². The quantitative estimate of drug-likeness (QED) is 0.900. The zero-order chi connectivity index (χ0) is 12.4. The summed E-state index contributed by atoms with van der Waals surface area (Å²) in [6, 6.07) is 5.12. The summed E-state index contributed by atoms with van der Waals surface area (Å²) >= 11 is 9.17. The molecule has 5 heteroatoms. The van der Waals surface area contributed by atoms with Crippen LogP contribution in [0.2, 0.25) is 5.02 Å². The molecule has 3 nitrogen and oxygen atoms in total. The number of halogens is 2. The van der Waals surface area contributed by atoms with E-state index in [9.17, 15) is 4.79 Å². The van der Waals surface area contributed by atoms with E-state index in [1.165, 1.54) is 0 Å². The number of rotatable bonds is 3. The van der Waals surface area contributed by atoms with Gasteiger partial charge in [0, 0.05) is 16.0 Å². The molecule has 1 aliphatic rings. The van der Waals surface area contributed by atoms with Crippen LogP contribution in [0, 0.1) is 5.92 Å². The second kappa shape index (κ2) is 5.38. The van der Waals surface area contributed by atoms with Gasteiger partial charge in [-0.15, -0.1) is 0 Å². The highest BCUT2D eigenvalue weighted by molar-refractivity contribution is 9.10. The van der Waals surface area contributed by atoms with E-state index in [2.05, 4.69) is 21.2 Å². The van der Waals surface area contributed by atoms with E-state index in [-0.39, 0.29) is 12.0 Å². The molecule has 0 atom stereocenters. The molecule has 1 amide bonds. The molecule has 1 fully saturated rings. The van der Waals surface area contributed by atoms with Gasteiger partial charge in [0.05, 0.1) is 11.7 Å². The van der Waals surface area contributed by atoms with Gasteiger partial charge in [0.2, 0.25) is 0 Å². The van der Waals surface area contributed by atoms with E-state index in [1.54, 1.807) is 18.2 Å². The molecule has 1 saturated carbocycles. The number of aliphatic hydroxyl groups is 1. The van der Waals surface area contributed by atoms with Gasteiger partial charge in [0.1, 0.15) is 0 Å². The molecule has 0 saturated heterocycles. The number of amides is 1. The van der Waals surface area contributed by atoms with Crippen LogP contribution in [0.25, 0.3) is 0 Å². The van der Waals surface area contributed by atoms with Crippen molar-refractivity contribution in [2.24, 2.45) is 5.92 Å². The zero-order valence-electron chi connectivity index (χ0n) is 9.12. The van der Waals surface area contributed by atoms with Gasteiger partial charge in [-0.3, -0.25) is 4.79 Å². The highest BCUT2D eigenvalue weighted by atomic mass is 79.9. The van der Waals surface area contributed by atoms with Crippen LogP contribution in [0.15, 0.2) is 22.7 Å². The lowest BCUT2D eigenvalue weighted by molar-refractivity contribution is 0.0420. The Morgan fingerprint density at radius 2 is 2.24 bits per heavy atom. The second-order valence-electron chi connectivity index (χ2n) is 4.33. The lowest BCUT2D eigenvalue weighted by atomic mass is 9.82. The van der Waals surface area contributed by atoms with Gasteiger partial charge in [-0.25, -0.2) is 0 Å². The summed E-state index contributed by atoms with van der Waals surface area (Å²) < 4.78 is 0.730. The summed E-state index contributed by atoms with van der Waals surface area (Å²) in [5.41, 5.74) is 0.539. The number of hydrogen-bond donors (Lipinski definition) is 2. The maximum Gasteiger partial charge on any atom is 0.252 e. The van der Waals surface area contributed by atoms with Crippen LogP contribution in [0.1, 0.15) is 23.2 Å². The number of benzene rings is 1. The summed E-state index contributed by atoms with van der Waals surface area (Å²) in [4.78, 5) is 11.9. The van der Waals surface area contributed by atoms with Gasteiger partial charge in [-0.05, 0) is 52.9 Å². The summed E-state index contributed by atoms with van der Waals surface area (Å²) in [7, 11) is 0. The molecule has 1 aliphatic carbocycles. The Labute approximate surface area is 113 Å². The van der Waals surface area contributed by atoms with Crippen LogP contribution in [0.5, 0.6) is 0 Å². The topological polar surface area (TPSA) is 49.3 Å². The van der Waals surface area contributed by atoms with Gasteiger partial charge >= 0.3 is 0 Å². The van der Waals surface area contributed by atoms with Gasteiger partial charge in [0.15, 0.2) is 0 Å². The van der Waals surface area contributed by atoms with Crippen LogP contribution in [-0.4, -0.2) is 23.7 Å². The summed E-state index contributed by atoms with van der Waals surface area (Å²) in [5, 5.41) is 12.5. The van der Waals surface area contributed by atoms with E-state index in [1.807, 2.05) is 0 Å². The fourth-order valence-electron chi connectivity index (χ4n) is 1.87. The van der Waals surface area contributed by atoms with Crippen LogP contribution < -0.4 is 5.32 Å². The van der Waals surface area contributed by atoms with E-state index in [0.29, 0.717) is 23.0 Å². The fraction of sp³-hybridized carbons (Fsp3) is 0.417. The summed E-state index contributed by atoms with van der Waals surface area (Å²) in [6.07, 6.45) is 1.36. The first-order valence-electron chi connectivity index (χ1n) is 5.47.